The molecule has 0 unspecified atom stereocenters. The number of benzene rings is 2. The van der Waals surface area contributed by atoms with E-state index in [9.17, 15) is 13.6 Å². The Morgan fingerprint density at radius 2 is 1.87 bits per heavy atom. The first-order valence-corrected chi connectivity index (χ1v) is 9.88. The van der Waals surface area contributed by atoms with Gasteiger partial charge in [0.2, 0.25) is 5.91 Å². The van der Waals surface area contributed by atoms with Crippen LogP contribution in [0, 0.1) is 17.6 Å². The molecule has 3 aromatic rings. The van der Waals surface area contributed by atoms with Crippen molar-refractivity contribution in [1.82, 2.24) is 4.98 Å². The first-order valence-electron chi connectivity index (χ1n) is 9.88. The van der Waals surface area contributed by atoms with Crippen molar-refractivity contribution in [2.24, 2.45) is 5.92 Å². The van der Waals surface area contributed by atoms with E-state index in [4.69, 9.17) is 9.47 Å². The van der Waals surface area contributed by atoms with Gasteiger partial charge in [0.05, 0.1) is 13.5 Å². The number of pyridine rings is 1. The number of ether oxygens (including phenoxy) is 2. The molecule has 1 heterocycles. The maximum Gasteiger partial charge on any atom is 0.228 e. The topological polar surface area (TPSA) is 60.5 Å². The number of aromatic nitrogens is 1. The number of hydrogen-bond donors (Lipinski definition) is 1. The van der Waals surface area contributed by atoms with Crippen LogP contribution < -0.4 is 14.8 Å². The van der Waals surface area contributed by atoms with Crippen LogP contribution in [0.3, 0.4) is 0 Å². The molecule has 0 spiro atoms. The Morgan fingerprint density at radius 1 is 1.13 bits per heavy atom. The van der Waals surface area contributed by atoms with E-state index in [2.05, 4.69) is 24.1 Å². The van der Waals surface area contributed by atoms with Gasteiger partial charge < -0.3 is 14.8 Å². The quantitative estimate of drug-likeness (QED) is 0.514. The predicted molar refractivity (Wildman–Crippen MR) is 115 cm³/mol. The number of carbonyl (C=O) groups is 1. The van der Waals surface area contributed by atoms with Crippen LogP contribution in [0.2, 0.25) is 0 Å². The van der Waals surface area contributed by atoms with E-state index in [0.717, 1.165) is 24.1 Å². The lowest BCUT2D eigenvalue weighted by molar-refractivity contribution is -0.115. The second-order valence-corrected chi connectivity index (χ2v) is 7.53. The molecule has 3 rings (SSSR count). The number of anilines is 1. The van der Waals surface area contributed by atoms with Crippen LogP contribution in [-0.4, -0.2) is 18.0 Å². The molecule has 0 saturated carbocycles. The van der Waals surface area contributed by atoms with Gasteiger partial charge in [-0.25, -0.2) is 8.78 Å². The lowest BCUT2D eigenvalue weighted by Gasteiger charge is -2.14. The van der Waals surface area contributed by atoms with E-state index in [0.29, 0.717) is 23.0 Å². The second-order valence-electron chi connectivity index (χ2n) is 7.53. The van der Waals surface area contributed by atoms with E-state index in [1.54, 1.807) is 49.8 Å². The highest BCUT2D eigenvalue weighted by atomic mass is 19.1. The van der Waals surface area contributed by atoms with E-state index in [1.807, 2.05) is 0 Å². The molecular formula is C24H24F2N2O3. The zero-order valence-electron chi connectivity index (χ0n) is 17.6. The number of rotatable bonds is 8. The minimum absolute atomic E-state index is 0.00599. The van der Waals surface area contributed by atoms with E-state index in [-0.39, 0.29) is 12.1 Å². The van der Waals surface area contributed by atoms with Crippen LogP contribution in [0.25, 0.3) is 0 Å². The Balaban J connectivity index is 1.75. The number of amides is 1. The van der Waals surface area contributed by atoms with Crippen LogP contribution in [0.4, 0.5) is 14.5 Å². The molecular weight excluding hydrogens is 402 g/mol. The number of nitrogens with zero attached hydrogens (tertiary/aromatic N) is 1. The summed E-state index contributed by atoms with van der Waals surface area (Å²) in [5.41, 5.74) is 1.58. The van der Waals surface area contributed by atoms with Gasteiger partial charge in [0, 0.05) is 30.2 Å². The Labute approximate surface area is 180 Å². The van der Waals surface area contributed by atoms with E-state index < -0.39 is 23.3 Å². The minimum atomic E-state index is -0.919. The maximum absolute atomic E-state index is 14.6. The maximum atomic E-state index is 14.6. The Bertz CT molecular complexity index is 1030. The number of methoxy groups -OCH3 is 1. The fourth-order valence-electron chi connectivity index (χ4n) is 3.16. The summed E-state index contributed by atoms with van der Waals surface area (Å²) in [6, 6.07) is 10.5. The lowest BCUT2D eigenvalue weighted by Crippen LogP contribution is -2.15. The fourth-order valence-corrected chi connectivity index (χ4v) is 3.16. The molecule has 0 aliphatic carbocycles. The third-order valence-electron chi connectivity index (χ3n) is 4.47. The largest absolute Gasteiger partial charge is 0.496 e. The highest BCUT2D eigenvalue weighted by Gasteiger charge is 2.16. The summed E-state index contributed by atoms with van der Waals surface area (Å²) < 4.78 is 40.0. The molecule has 1 aromatic heterocycles. The predicted octanol–water partition coefficient (Wildman–Crippen LogP) is 5.54. The Morgan fingerprint density at radius 3 is 2.48 bits per heavy atom. The Hall–Kier alpha value is -3.48. The van der Waals surface area contributed by atoms with Gasteiger partial charge in [0.15, 0.2) is 17.4 Å². The van der Waals surface area contributed by atoms with Gasteiger partial charge in [-0.1, -0.05) is 19.9 Å². The molecule has 0 saturated heterocycles. The number of nitrogens with one attached hydrogen (secondary N) is 1. The van der Waals surface area contributed by atoms with Gasteiger partial charge in [-0.05, 0) is 47.7 Å². The third kappa shape index (κ3) is 6.01. The fraction of sp³-hybridized carbons (Fsp3) is 0.250. The first kappa shape index (κ1) is 22.2. The van der Waals surface area contributed by atoms with E-state index in [1.165, 1.54) is 0 Å². The highest BCUT2D eigenvalue weighted by Crippen LogP contribution is 2.33. The number of halogens is 2. The monoisotopic (exact) mass is 426 g/mol. The smallest absolute Gasteiger partial charge is 0.228 e. The molecule has 0 radical (unpaired) electrons. The standard InChI is InChI=1S/C24H24F2N2O3/c1-15(2)9-17-11-19(6-7-22(17)30-3)31-24-20(25)12-18(13-21(24)26)28-23(29)10-16-5-4-8-27-14-16/h4-8,11-15H,9-10H2,1-3H3,(H,28,29). The summed E-state index contributed by atoms with van der Waals surface area (Å²) in [7, 11) is 1.57. The van der Waals surface area contributed by atoms with Gasteiger partial charge in [0.1, 0.15) is 11.5 Å². The van der Waals surface area contributed by atoms with Gasteiger partial charge in [-0.2, -0.15) is 0 Å². The number of carbonyl (C=O) groups excluding carboxylic acids is 1. The van der Waals surface area contributed by atoms with Crippen LogP contribution in [0.15, 0.2) is 54.9 Å². The molecule has 0 atom stereocenters. The second kappa shape index (κ2) is 10.0. The average molecular weight is 426 g/mol. The molecule has 7 heteroatoms. The van der Waals surface area contributed by atoms with Gasteiger partial charge in [0.25, 0.3) is 0 Å². The summed E-state index contributed by atoms with van der Waals surface area (Å²) in [6.07, 6.45) is 3.92. The van der Waals surface area contributed by atoms with Gasteiger partial charge in [-0.3, -0.25) is 9.78 Å². The summed E-state index contributed by atoms with van der Waals surface area (Å²) in [4.78, 5) is 16.1. The van der Waals surface area contributed by atoms with Crippen LogP contribution in [-0.2, 0) is 17.6 Å². The van der Waals surface area contributed by atoms with Gasteiger partial charge in [-0.15, -0.1) is 0 Å². The summed E-state index contributed by atoms with van der Waals surface area (Å²) in [6.45, 7) is 4.13. The summed E-state index contributed by atoms with van der Waals surface area (Å²) in [5, 5.41) is 2.49. The highest BCUT2D eigenvalue weighted by molar-refractivity contribution is 5.92. The molecule has 2 aromatic carbocycles. The van der Waals surface area contributed by atoms with Crippen molar-refractivity contribution in [2.45, 2.75) is 26.7 Å². The van der Waals surface area contributed by atoms with Crippen molar-refractivity contribution in [1.29, 1.82) is 0 Å². The van der Waals surface area contributed by atoms with Crippen LogP contribution in [0.5, 0.6) is 17.2 Å². The SMILES string of the molecule is COc1ccc(Oc2c(F)cc(NC(=O)Cc3cccnc3)cc2F)cc1CC(C)C. The van der Waals surface area contributed by atoms with Crippen molar-refractivity contribution in [3.05, 3.63) is 77.6 Å². The molecule has 0 fully saturated rings. The third-order valence-corrected chi connectivity index (χ3v) is 4.47. The molecule has 0 bridgehead atoms. The summed E-state index contributed by atoms with van der Waals surface area (Å²) in [5.74, 6) is -1.43. The normalized spacial score (nSPS) is 10.8. The average Bonchev–Trinajstić information content (AvgIpc) is 2.71. The van der Waals surface area contributed by atoms with Crippen LogP contribution >= 0.6 is 0 Å². The molecule has 1 amide bonds. The molecule has 162 valence electrons. The van der Waals surface area contributed by atoms with Crippen molar-refractivity contribution in [3.63, 3.8) is 0 Å². The molecule has 5 nitrogen and oxygen atoms in total. The first-order chi connectivity index (χ1) is 14.9. The summed E-state index contributed by atoms with van der Waals surface area (Å²) >= 11 is 0. The zero-order valence-corrected chi connectivity index (χ0v) is 17.6. The van der Waals surface area contributed by atoms with Crippen molar-refractivity contribution in [2.75, 3.05) is 12.4 Å². The molecule has 0 aliphatic rings. The van der Waals surface area contributed by atoms with E-state index >= 15 is 0 Å². The van der Waals surface area contributed by atoms with Gasteiger partial charge >= 0.3 is 0 Å². The van der Waals surface area contributed by atoms with Crippen molar-refractivity contribution in [3.8, 4) is 17.2 Å². The van der Waals surface area contributed by atoms with Crippen molar-refractivity contribution >= 4 is 11.6 Å². The zero-order chi connectivity index (χ0) is 22.4. The number of hydrogen-bond acceptors (Lipinski definition) is 4. The van der Waals surface area contributed by atoms with Crippen molar-refractivity contribution < 1.29 is 23.0 Å². The lowest BCUT2D eigenvalue weighted by atomic mass is 10.0. The molecule has 0 aliphatic heterocycles. The van der Waals surface area contributed by atoms with Crippen LogP contribution in [0.1, 0.15) is 25.0 Å². The molecule has 1 N–H and O–H groups in total. The minimum Gasteiger partial charge on any atom is -0.496 e. The molecule has 31 heavy (non-hydrogen) atoms. The Kier molecular flexibility index (Phi) is 7.18.